The molecule has 2 atom stereocenters. The highest BCUT2D eigenvalue weighted by molar-refractivity contribution is 5.26. The molecule has 140 valence electrons. The summed E-state index contributed by atoms with van der Waals surface area (Å²) in [6, 6.07) is 7.68. The summed E-state index contributed by atoms with van der Waals surface area (Å²) in [7, 11) is 4.39. The van der Waals surface area contributed by atoms with Crippen molar-refractivity contribution in [2.24, 2.45) is 0 Å². The first-order chi connectivity index (χ1) is 12.6. The molecule has 0 radical (unpaired) electrons. The van der Waals surface area contributed by atoms with E-state index in [1.54, 1.807) is 0 Å². The van der Waals surface area contributed by atoms with Crippen LogP contribution in [0, 0.1) is 13.8 Å². The Bertz CT molecular complexity index is 701. The minimum absolute atomic E-state index is 0.599. The van der Waals surface area contributed by atoms with Crippen molar-refractivity contribution in [2.45, 2.75) is 51.6 Å². The molecule has 0 spiro atoms. The molecule has 4 rings (SSSR count). The van der Waals surface area contributed by atoms with Gasteiger partial charge in [0.1, 0.15) is 0 Å². The fourth-order valence-corrected chi connectivity index (χ4v) is 4.08. The van der Waals surface area contributed by atoms with Crippen LogP contribution in [-0.2, 0) is 0 Å². The van der Waals surface area contributed by atoms with Crippen LogP contribution in [0.2, 0.25) is 0 Å². The maximum absolute atomic E-state index is 4.43. The average molecular weight is 353 g/mol. The summed E-state index contributed by atoms with van der Waals surface area (Å²) >= 11 is 0. The molecule has 2 fully saturated rings. The van der Waals surface area contributed by atoms with Gasteiger partial charge in [-0.2, -0.15) is 0 Å². The van der Waals surface area contributed by atoms with Crippen LogP contribution >= 0.6 is 0 Å². The van der Waals surface area contributed by atoms with E-state index >= 15 is 0 Å². The molecule has 2 unspecified atom stereocenters. The number of pyridine rings is 2. The van der Waals surface area contributed by atoms with Crippen LogP contribution < -0.4 is 0 Å². The second kappa shape index (κ2) is 8.74. The first-order valence-corrected chi connectivity index (χ1v) is 9.80. The minimum Gasteiger partial charge on any atom is -0.299 e. The molecule has 2 aromatic rings. The van der Waals surface area contributed by atoms with E-state index < -0.39 is 0 Å². The van der Waals surface area contributed by atoms with E-state index in [4.69, 9.17) is 0 Å². The normalized spacial score (nSPS) is 23.7. The monoisotopic (exact) mass is 352 g/mol. The van der Waals surface area contributed by atoms with Crippen LogP contribution in [0.5, 0.6) is 0 Å². The van der Waals surface area contributed by atoms with Gasteiger partial charge in [0, 0.05) is 36.4 Å². The van der Waals surface area contributed by atoms with Gasteiger partial charge in [0.2, 0.25) is 0 Å². The highest BCUT2D eigenvalue weighted by Crippen LogP contribution is 2.30. The smallest absolute Gasteiger partial charge is 0.0402 e. The highest BCUT2D eigenvalue weighted by Gasteiger charge is 2.23. The maximum Gasteiger partial charge on any atom is 0.0402 e. The Labute approximate surface area is 158 Å². The van der Waals surface area contributed by atoms with Crippen LogP contribution in [0.4, 0.5) is 0 Å². The largest absolute Gasteiger partial charge is 0.299 e. The summed E-state index contributed by atoms with van der Waals surface area (Å²) in [5, 5.41) is 0. The third kappa shape index (κ3) is 4.49. The number of hydrogen-bond donors (Lipinski definition) is 0. The molecule has 0 aromatic carbocycles. The van der Waals surface area contributed by atoms with Gasteiger partial charge in [0.05, 0.1) is 0 Å². The quantitative estimate of drug-likeness (QED) is 0.806. The van der Waals surface area contributed by atoms with E-state index in [1.807, 2.05) is 24.7 Å². The zero-order chi connectivity index (χ0) is 18.5. The van der Waals surface area contributed by atoms with Gasteiger partial charge in [-0.05, 0) is 89.5 Å². The summed E-state index contributed by atoms with van der Waals surface area (Å²) in [6.07, 6.45) is 11.0. The van der Waals surface area contributed by atoms with Crippen molar-refractivity contribution in [3.05, 3.63) is 59.2 Å². The average Bonchev–Trinajstić information content (AvgIpc) is 3.27. The third-order valence-electron chi connectivity index (χ3n) is 5.86. The lowest BCUT2D eigenvalue weighted by atomic mass is 10.0. The SMILES string of the molecule is CN1CCCC1c1cccnc1.Cc1cc(C2CCCN2C)cnc1C. The highest BCUT2D eigenvalue weighted by atomic mass is 15.1. The second-order valence-electron chi connectivity index (χ2n) is 7.73. The molecule has 4 heterocycles. The topological polar surface area (TPSA) is 32.3 Å². The molecule has 0 saturated carbocycles. The van der Waals surface area contributed by atoms with Gasteiger partial charge < -0.3 is 0 Å². The van der Waals surface area contributed by atoms with E-state index in [1.165, 1.54) is 55.5 Å². The summed E-state index contributed by atoms with van der Waals surface area (Å²) in [4.78, 5) is 13.4. The number of likely N-dealkylation sites (tertiary alicyclic amines) is 2. The van der Waals surface area contributed by atoms with E-state index in [0.717, 1.165) is 5.69 Å². The minimum atomic E-state index is 0.599. The summed E-state index contributed by atoms with van der Waals surface area (Å²) < 4.78 is 0. The van der Waals surface area contributed by atoms with Gasteiger partial charge in [-0.3, -0.25) is 19.8 Å². The van der Waals surface area contributed by atoms with Crippen molar-refractivity contribution in [3.8, 4) is 0 Å². The molecule has 4 nitrogen and oxygen atoms in total. The van der Waals surface area contributed by atoms with E-state index in [9.17, 15) is 0 Å². The zero-order valence-electron chi connectivity index (χ0n) is 16.7. The van der Waals surface area contributed by atoms with E-state index in [0.29, 0.717) is 12.1 Å². The van der Waals surface area contributed by atoms with Gasteiger partial charge in [-0.25, -0.2) is 0 Å². The Balaban J connectivity index is 0.000000152. The summed E-state index contributed by atoms with van der Waals surface area (Å²) in [5.41, 5.74) is 5.20. The standard InChI is InChI=1S/C12H18N2.C10H14N2/c1-9-7-11(8-13-10(9)2)12-5-4-6-14(12)3;1-12-7-3-5-10(12)9-4-2-6-11-8-9/h7-8,12H,4-6H2,1-3H3;2,4,6,8,10H,3,5,7H2,1H3. The van der Waals surface area contributed by atoms with Crippen LogP contribution in [-0.4, -0.2) is 47.0 Å². The molecule has 2 aliphatic heterocycles. The lowest BCUT2D eigenvalue weighted by Gasteiger charge is -2.20. The van der Waals surface area contributed by atoms with Crippen molar-refractivity contribution >= 4 is 0 Å². The third-order valence-corrected chi connectivity index (χ3v) is 5.86. The van der Waals surface area contributed by atoms with Crippen LogP contribution in [0.15, 0.2) is 36.8 Å². The molecule has 26 heavy (non-hydrogen) atoms. The molecule has 0 aliphatic carbocycles. The molecule has 2 aromatic heterocycles. The van der Waals surface area contributed by atoms with Crippen molar-refractivity contribution in [1.82, 2.24) is 19.8 Å². The van der Waals surface area contributed by atoms with Crippen LogP contribution in [0.1, 0.15) is 60.2 Å². The molecule has 0 N–H and O–H groups in total. The maximum atomic E-state index is 4.43. The molecule has 2 aliphatic rings. The Morgan fingerprint density at radius 1 is 0.923 bits per heavy atom. The number of rotatable bonds is 2. The predicted octanol–water partition coefficient (Wildman–Crippen LogP) is 4.31. The Morgan fingerprint density at radius 3 is 2.08 bits per heavy atom. The molecular weight excluding hydrogens is 320 g/mol. The predicted molar refractivity (Wildman–Crippen MR) is 107 cm³/mol. The Kier molecular flexibility index (Phi) is 6.38. The van der Waals surface area contributed by atoms with Crippen molar-refractivity contribution in [3.63, 3.8) is 0 Å². The Hall–Kier alpha value is -1.78. The first kappa shape index (κ1) is 19.0. The van der Waals surface area contributed by atoms with Gasteiger partial charge >= 0.3 is 0 Å². The summed E-state index contributed by atoms with van der Waals surface area (Å²) in [6.45, 7) is 6.65. The molecule has 4 heteroatoms. The number of hydrogen-bond acceptors (Lipinski definition) is 4. The van der Waals surface area contributed by atoms with Gasteiger partial charge in [-0.1, -0.05) is 12.1 Å². The van der Waals surface area contributed by atoms with Crippen molar-refractivity contribution in [2.75, 3.05) is 27.2 Å². The summed E-state index contributed by atoms with van der Waals surface area (Å²) in [5.74, 6) is 0. The van der Waals surface area contributed by atoms with Crippen molar-refractivity contribution < 1.29 is 0 Å². The van der Waals surface area contributed by atoms with Crippen molar-refractivity contribution in [1.29, 1.82) is 0 Å². The van der Waals surface area contributed by atoms with E-state index in [-0.39, 0.29) is 0 Å². The van der Waals surface area contributed by atoms with Crippen LogP contribution in [0.3, 0.4) is 0 Å². The van der Waals surface area contributed by atoms with Gasteiger partial charge in [0.15, 0.2) is 0 Å². The Morgan fingerprint density at radius 2 is 1.58 bits per heavy atom. The fraction of sp³-hybridized carbons (Fsp3) is 0.545. The number of nitrogens with zero attached hydrogens (tertiary/aromatic N) is 4. The molecule has 2 saturated heterocycles. The van der Waals surface area contributed by atoms with Crippen LogP contribution in [0.25, 0.3) is 0 Å². The molecule has 0 amide bonds. The first-order valence-electron chi connectivity index (χ1n) is 9.80. The van der Waals surface area contributed by atoms with E-state index in [2.05, 4.69) is 59.8 Å². The number of aromatic nitrogens is 2. The van der Waals surface area contributed by atoms with Gasteiger partial charge in [-0.15, -0.1) is 0 Å². The lowest BCUT2D eigenvalue weighted by molar-refractivity contribution is 0.317. The fourth-order valence-electron chi connectivity index (χ4n) is 4.08. The second-order valence-corrected chi connectivity index (χ2v) is 7.73. The number of aryl methyl sites for hydroxylation is 2. The van der Waals surface area contributed by atoms with Gasteiger partial charge in [0.25, 0.3) is 0 Å². The molecule has 0 bridgehead atoms. The lowest BCUT2D eigenvalue weighted by Crippen LogP contribution is -2.17. The molecular formula is C22H32N4. The zero-order valence-corrected chi connectivity index (χ0v) is 16.7.